The molecule has 0 aromatic carbocycles. The highest BCUT2D eigenvalue weighted by Gasteiger charge is 2.21. The number of carbonyl (C=O) groups excluding carboxylic acids is 1. The molecule has 1 N–H and O–H groups in total. The summed E-state index contributed by atoms with van der Waals surface area (Å²) in [6.45, 7) is 1.88. The summed E-state index contributed by atoms with van der Waals surface area (Å²) in [5.41, 5.74) is 1.55. The van der Waals surface area contributed by atoms with Crippen LogP contribution < -0.4 is 5.32 Å². The van der Waals surface area contributed by atoms with E-state index in [1.54, 1.807) is 12.3 Å². The molecule has 1 aromatic heterocycles. The van der Waals surface area contributed by atoms with Gasteiger partial charge in [-0.3, -0.25) is 9.78 Å². The summed E-state index contributed by atoms with van der Waals surface area (Å²) in [7, 11) is 0. The fourth-order valence-electron chi connectivity index (χ4n) is 2.15. The molecule has 1 fully saturated rings. The van der Waals surface area contributed by atoms with Crippen LogP contribution in [0.25, 0.3) is 0 Å². The third-order valence-electron chi connectivity index (χ3n) is 3.15. The Kier molecular flexibility index (Phi) is 4.00. The highest BCUT2D eigenvalue weighted by atomic mass is 35.5. The summed E-state index contributed by atoms with van der Waals surface area (Å²) in [4.78, 5) is 16.1. The fraction of sp³-hybridized carbons (Fsp3) is 0.538. The Bertz CT molecular complexity index is 400. The van der Waals surface area contributed by atoms with Crippen LogP contribution in [0.5, 0.6) is 0 Å². The van der Waals surface area contributed by atoms with Gasteiger partial charge in [0.05, 0.1) is 0 Å². The molecule has 1 aliphatic rings. The van der Waals surface area contributed by atoms with Crippen molar-refractivity contribution in [1.82, 2.24) is 10.3 Å². The van der Waals surface area contributed by atoms with Gasteiger partial charge >= 0.3 is 0 Å². The van der Waals surface area contributed by atoms with Gasteiger partial charge in [-0.15, -0.1) is 11.6 Å². The second-order valence-corrected chi connectivity index (χ2v) is 5.23. The van der Waals surface area contributed by atoms with Gasteiger partial charge in [0.15, 0.2) is 0 Å². The maximum atomic E-state index is 12.0. The second kappa shape index (κ2) is 5.50. The standard InChI is InChI=1S/C13H17ClN2O/c1-9-8-10(6-7-15-9)13(17)16-12-4-2-11(14)3-5-12/h6-8,11-12H,2-5H2,1H3,(H,16,17). The molecule has 17 heavy (non-hydrogen) atoms. The van der Waals surface area contributed by atoms with Gasteiger partial charge in [-0.25, -0.2) is 0 Å². The summed E-state index contributed by atoms with van der Waals surface area (Å²) >= 11 is 6.04. The minimum absolute atomic E-state index is 0.00600. The number of aromatic nitrogens is 1. The molecule has 0 bridgehead atoms. The van der Waals surface area contributed by atoms with E-state index in [0.29, 0.717) is 5.56 Å². The number of rotatable bonds is 2. The van der Waals surface area contributed by atoms with Gasteiger partial charge in [0.25, 0.3) is 5.91 Å². The minimum atomic E-state index is -0.00600. The summed E-state index contributed by atoms with van der Waals surface area (Å²) in [5.74, 6) is -0.00600. The average molecular weight is 253 g/mol. The Balaban J connectivity index is 1.93. The number of carbonyl (C=O) groups is 1. The number of halogens is 1. The van der Waals surface area contributed by atoms with Crippen LogP contribution in [0, 0.1) is 6.92 Å². The molecule has 0 saturated heterocycles. The van der Waals surface area contributed by atoms with Crippen LogP contribution in [0.2, 0.25) is 0 Å². The van der Waals surface area contributed by atoms with E-state index in [4.69, 9.17) is 11.6 Å². The molecule has 3 nitrogen and oxygen atoms in total. The van der Waals surface area contributed by atoms with Crippen LogP contribution >= 0.6 is 11.6 Å². The molecule has 92 valence electrons. The van der Waals surface area contributed by atoms with Crippen molar-refractivity contribution < 1.29 is 4.79 Å². The third kappa shape index (κ3) is 3.43. The summed E-state index contributed by atoms with van der Waals surface area (Å²) in [6.07, 6.45) is 5.59. The van der Waals surface area contributed by atoms with E-state index in [1.807, 2.05) is 13.0 Å². The van der Waals surface area contributed by atoms with E-state index in [2.05, 4.69) is 10.3 Å². The lowest BCUT2D eigenvalue weighted by atomic mass is 9.95. The van der Waals surface area contributed by atoms with Crippen molar-refractivity contribution in [1.29, 1.82) is 0 Å². The van der Waals surface area contributed by atoms with E-state index in [-0.39, 0.29) is 17.3 Å². The quantitative estimate of drug-likeness (QED) is 0.823. The largest absolute Gasteiger partial charge is 0.349 e. The first-order chi connectivity index (χ1) is 8.15. The smallest absolute Gasteiger partial charge is 0.251 e. The van der Waals surface area contributed by atoms with Crippen molar-refractivity contribution in [3.63, 3.8) is 0 Å². The molecule has 2 rings (SSSR count). The number of hydrogen-bond donors (Lipinski definition) is 1. The summed E-state index contributed by atoms with van der Waals surface area (Å²) < 4.78 is 0. The zero-order valence-electron chi connectivity index (χ0n) is 9.95. The number of nitrogens with zero attached hydrogens (tertiary/aromatic N) is 1. The molecular formula is C13H17ClN2O. The predicted octanol–water partition coefficient (Wildman–Crippen LogP) is 2.67. The van der Waals surface area contributed by atoms with Crippen molar-refractivity contribution in [2.75, 3.05) is 0 Å². The lowest BCUT2D eigenvalue weighted by molar-refractivity contribution is 0.0927. The molecule has 0 radical (unpaired) electrons. The number of aryl methyl sites for hydroxylation is 1. The third-order valence-corrected chi connectivity index (χ3v) is 3.59. The van der Waals surface area contributed by atoms with Gasteiger partial charge in [-0.2, -0.15) is 0 Å². The van der Waals surface area contributed by atoms with Crippen LogP contribution in [0.4, 0.5) is 0 Å². The van der Waals surface area contributed by atoms with Crippen LogP contribution in [0.15, 0.2) is 18.3 Å². The van der Waals surface area contributed by atoms with Crippen molar-refractivity contribution in [2.24, 2.45) is 0 Å². The van der Waals surface area contributed by atoms with Crippen LogP contribution in [-0.4, -0.2) is 22.3 Å². The molecule has 1 saturated carbocycles. The fourth-order valence-corrected chi connectivity index (χ4v) is 2.40. The maximum Gasteiger partial charge on any atom is 0.251 e. The predicted molar refractivity (Wildman–Crippen MR) is 68.3 cm³/mol. The van der Waals surface area contributed by atoms with Crippen molar-refractivity contribution in [3.05, 3.63) is 29.6 Å². The first-order valence-electron chi connectivity index (χ1n) is 6.03. The van der Waals surface area contributed by atoms with E-state index < -0.39 is 0 Å². The lowest BCUT2D eigenvalue weighted by Gasteiger charge is -2.25. The molecule has 1 heterocycles. The molecule has 1 aliphatic carbocycles. The molecule has 4 heteroatoms. The van der Waals surface area contributed by atoms with Gasteiger partial charge in [-0.1, -0.05) is 0 Å². The van der Waals surface area contributed by atoms with Crippen LogP contribution in [-0.2, 0) is 0 Å². The number of hydrogen-bond acceptors (Lipinski definition) is 2. The highest BCUT2D eigenvalue weighted by Crippen LogP contribution is 2.22. The number of alkyl halides is 1. The van der Waals surface area contributed by atoms with Gasteiger partial charge in [0.2, 0.25) is 0 Å². The Labute approximate surface area is 107 Å². The van der Waals surface area contributed by atoms with Gasteiger partial charge in [0.1, 0.15) is 0 Å². The normalized spacial score (nSPS) is 24.4. The highest BCUT2D eigenvalue weighted by molar-refractivity contribution is 6.20. The molecule has 0 aliphatic heterocycles. The monoisotopic (exact) mass is 252 g/mol. The minimum Gasteiger partial charge on any atom is -0.349 e. The number of pyridine rings is 1. The maximum absolute atomic E-state index is 12.0. The van der Waals surface area contributed by atoms with E-state index in [1.165, 1.54) is 0 Å². The van der Waals surface area contributed by atoms with Crippen molar-refractivity contribution in [2.45, 2.75) is 44.0 Å². The van der Waals surface area contributed by atoms with Crippen LogP contribution in [0.3, 0.4) is 0 Å². The Morgan fingerprint density at radius 1 is 1.41 bits per heavy atom. The van der Waals surface area contributed by atoms with Gasteiger partial charge in [-0.05, 0) is 44.7 Å². The Hall–Kier alpha value is -1.09. The Morgan fingerprint density at radius 2 is 2.12 bits per heavy atom. The molecule has 0 unspecified atom stereocenters. The second-order valence-electron chi connectivity index (χ2n) is 4.61. The van der Waals surface area contributed by atoms with Gasteiger partial charge < -0.3 is 5.32 Å². The topological polar surface area (TPSA) is 42.0 Å². The van der Waals surface area contributed by atoms with E-state index in [0.717, 1.165) is 31.4 Å². The Morgan fingerprint density at radius 3 is 2.76 bits per heavy atom. The van der Waals surface area contributed by atoms with Crippen molar-refractivity contribution >= 4 is 17.5 Å². The van der Waals surface area contributed by atoms with Crippen molar-refractivity contribution in [3.8, 4) is 0 Å². The van der Waals surface area contributed by atoms with E-state index in [9.17, 15) is 4.79 Å². The molecule has 0 spiro atoms. The lowest BCUT2D eigenvalue weighted by Crippen LogP contribution is -2.37. The number of amides is 1. The van der Waals surface area contributed by atoms with E-state index >= 15 is 0 Å². The SMILES string of the molecule is Cc1cc(C(=O)NC2CCC(Cl)CC2)ccn1. The summed E-state index contributed by atoms with van der Waals surface area (Å²) in [6, 6.07) is 3.82. The van der Waals surface area contributed by atoms with Gasteiger partial charge in [0, 0.05) is 28.9 Å². The average Bonchev–Trinajstić information content (AvgIpc) is 2.32. The molecular weight excluding hydrogens is 236 g/mol. The first-order valence-corrected chi connectivity index (χ1v) is 6.46. The molecule has 0 atom stereocenters. The van der Waals surface area contributed by atoms with Crippen LogP contribution in [0.1, 0.15) is 41.7 Å². The molecule has 1 amide bonds. The first kappa shape index (κ1) is 12.4. The molecule has 1 aromatic rings. The zero-order valence-corrected chi connectivity index (χ0v) is 10.7. The zero-order chi connectivity index (χ0) is 12.3. The summed E-state index contributed by atoms with van der Waals surface area (Å²) in [5, 5.41) is 3.34. The number of nitrogens with one attached hydrogen (secondary N) is 1.